The lowest BCUT2D eigenvalue weighted by atomic mass is 10.1. The van der Waals surface area contributed by atoms with Gasteiger partial charge in [0.1, 0.15) is 0 Å². The predicted molar refractivity (Wildman–Crippen MR) is 84.1 cm³/mol. The van der Waals surface area contributed by atoms with Crippen LogP contribution in [0.25, 0.3) is 0 Å². The number of nitrogens with two attached hydrogens (primary N) is 1. The number of thioether (sulfide) groups is 1. The van der Waals surface area contributed by atoms with Crippen molar-refractivity contribution in [3.05, 3.63) is 63.6 Å². The summed E-state index contributed by atoms with van der Waals surface area (Å²) in [4.78, 5) is 12.5. The number of benzene rings is 2. The number of nitrogen functional groups attached to an aromatic ring is 1. The van der Waals surface area contributed by atoms with Gasteiger partial charge in [-0.25, -0.2) is 5.84 Å². The van der Waals surface area contributed by atoms with Crippen molar-refractivity contribution in [3.63, 3.8) is 0 Å². The molecule has 2 rings (SSSR count). The normalized spacial score (nSPS) is 10.3. The van der Waals surface area contributed by atoms with Crippen molar-refractivity contribution in [2.24, 2.45) is 5.84 Å². The summed E-state index contributed by atoms with van der Waals surface area (Å²) in [6, 6.07) is 12.8. The van der Waals surface area contributed by atoms with Crippen LogP contribution in [0.5, 0.6) is 0 Å². The van der Waals surface area contributed by atoms with Crippen molar-refractivity contribution in [1.29, 1.82) is 0 Å². The van der Waals surface area contributed by atoms with Crippen molar-refractivity contribution >= 4 is 40.9 Å². The minimum Gasteiger partial charge on any atom is -0.290 e. The van der Waals surface area contributed by atoms with Gasteiger partial charge in [0.15, 0.2) is 0 Å². The van der Waals surface area contributed by atoms with Gasteiger partial charge in [-0.05, 0) is 35.9 Å². The van der Waals surface area contributed by atoms with Gasteiger partial charge < -0.3 is 0 Å². The van der Waals surface area contributed by atoms with Crippen molar-refractivity contribution in [2.45, 2.75) is 10.6 Å². The first-order valence-corrected chi connectivity index (χ1v) is 7.52. The molecule has 0 saturated heterocycles. The lowest BCUT2D eigenvalue weighted by Gasteiger charge is -2.05. The SMILES string of the molecule is NNC(=O)c1cccc(CSc2ccc(Cl)c(Cl)c2)c1. The third-order valence-corrected chi connectivity index (χ3v) is 4.42. The second-order valence-electron chi connectivity index (χ2n) is 4.04. The van der Waals surface area contributed by atoms with Crippen LogP contribution in [0, 0.1) is 0 Å². The number of carbonyl (C=O) groups is 1. The lowest BCUT2D eigenvalue weighted by Crippen LogP contribution is -2.29. The Morgan fingerprint density at radius 2 is 1.95 bits per heavy atom. The first-order chi connectivity index (χ1) is 9.60. The Labute approximate surface area is 131 Å². The summed E-state index contributed by atoms with van der Waals surface area (Å²) < 4.78 is 0. The molecular weight excluding hydrogens is 315 g/mol. The van der Waals surface area contributed by atoms with E-state index in [1.165, 1.54) is 0 Å². The van der Waals surface area contributed by atoms with Gasteiger partial charge >= 0.3 is 0 Å². The van der Waals surface area contributed by atoms with E-state index < -0.39 is 0 Å². The largest absolute Gasteiger partial charge is 0.290 e. The molecule has 2 aromatic rings. The van der Waals surface area contributed by atoms with E-state index in [1.54, 1.807) is 23.9 Å². The molecule has 0 aliphatic heterocycles. The van der Waals surface area contributed by atoms with Crippen molar-refractivity contribution in [3.8, 4) is 0 Å². The molecule has 0 spiro atoms. The monoisotopic (exact) mass is 326 g/mol. The lowest BCUT2D eigenvalue weighted by molar-refractivity contribution is 0.0953. The van der Waals surface area contributed by atoms with E-state index in [2.05, 4.69) is 5.43 Å². The van der Waals surface area contributed by atoms with Gasteiger partial charge in [0, 0.05) is 16.2 Å². The van der Waals surface area contributed by atoms with Crippen molar-refractivity contribution in [2.75, 3.05) is 0 Å². The molecule has 20 heavy (non-hydrogen) atoms. The summed E-state index contributed by atoms with van der Waals surface area (Å²) >= 11 is 13.5. The zero-order valence-electron chi connectivity index (χ0n) is 10.4. The highest BCUT2D eigenvalue weighted by Gasteiger charge is 2.05. The average Bonchev–Trinajstić information content (AvgIpc) is 2.48. The summed E-state index contributed by atoms with van der Waals surface area (Å²) in [7, 11) is 0. The molecule has 1 amide bonds. The fourth-order valence-corrected chi connectivity index (χ4v) is 2.86. The molecule has 2 aromatic carbocycles. The number of halogens is 2. The molecular formula is C14H12Cl2N2OS. The molecule has 0 aliphatic rings. The van der Waals surface area contributed by atoms with Gasteiger partial charge in [-0.2, -0.15) is 0 Å². The molecule has 6 heteroatoms. The van der Waals surface area contributed by atoms with Gasteiger partial charge in [-0.3, -0.25) is 10.2 Å². The Morgan fingerprint density at radius 1 is 1.15 bits per heavy atom. The Hall–Kier alpha value is -1.20. The molecule has 0 radical (unpaired) electrons. The Kier molecular flexibility index (Phi) is 5.31. The molecule has 3 nitrogen and oxygen atoms in total. The first-order valence-electron chi connectivity index (χ1n) is 5.78. The standard InChI is InChI=1S/C14H12Cl2N2OS/c15-12-5-4-11(7-13(12)16)20-8-9-2-1-3-10(6-9)14(19)18-17/h1-7H,8,17H2,(H,18,19). The first kappa shape index (κ1) is 15.2. The molecule has 0 atom stereocenters. The molecule has 0 unspecified atom stereocenters. The van der Waals surface area contributed by atoms with E-state index in [0.29, 0.717) is 15.6 Å². The van der Waals surface area contributed by atoms with E-state index in [0.717, 1.165) is 16.2 Å². The van der Waals surface area contributed by atoms with Gasteiger partial charge in [0.05, 0.1) is 10.0 Å². The molecule has 104 valence electrons. The second kappa shape index (κ2) is 6.99. The topological polar surface area (TPSA) is 55.1 Å². The maximum absolute atomic E-state index is 11.4. The molecule has 3 N–H and O–H groups in total. The minimum atomic E-state index is -0.300. The summed E-state index contributed by atoms with van der Waals surface area (Å²) in [6.45, 7) is 0. The highest BCUT2D eigenvalue weighted by Crippen LogP contribution is 2.29. The Bertz CT molecular complexity index is 634. The van der Waals surface area contributed by atoms with E-state index in [4.69, 9.17) is 29.0 Å². The molecule has 0 heterocycles. The third kappa shape index (κ3) is 3.90. The van der Waals surface area contributed by atoms with E-state index >= 15 is 0 Å². The summed E-state index contributed by atoms with van der Waals surface area (Å²) in [5, 5.41) is 1.07. The van der Waals surface area contributed by atoms with Crippen LogP contribution in [0.15, 0.2) is 47.4 Å². The van der Waals surface area contributed by atoms with Crippen LogP contribution >= 0.6 is 35.0 Å². The number of hydrogen-bond donors (Lipinski definition) is 2. The number of amides is 1. The Morgan fingerprint density at radius 3 is 2.65 bits per heavy atom. The van der Waals surface area contributed by atoms with Crippen molar-refractivity contribution < 1.29 is 4.79 Å². The van der Waals surface area contributed by atoms with Gasteiger partial charge in [0.25, 0.3) is 5.91 Å². The smallest absolute Gasteiger partial charge is 0.265 e. The van der Waals surface area contributed by atoms with Crippen LogP contribution in [0.4, 0.5) is 0 Å². The molecule has 0 bridgehead atoms. The molecule has 0 fully saturated rings. The van der Waals surface area contributed by atoms with Gasteiger partial charge in [0.2, 0.25) is 0 Å². The number of hydrazine groups is 1. The van der Waals surface area contributed by atoms with E-state index in [-0.39, 0.29) is 5.91 Å². The second-order valence-corrected chi connectivity index (χ2v) is 5.90. The molecule has 0 aromatic heterocycles. The molecule has 0 saturated carbocycles. The van der Waals surface area contributed by atoms with Crippen LogP contribution in [0.1, 0.15) is 15.9 Å². The molecule has 0 aliphatic carbocycles. The number of hydrogen-bond acceptors (Lipinski definition) is 3. The summed E-state index contributed by atoms with van der Waals surface area (Å²) in [5.74, 6) is 5.54. The zero-order chi connectivity index (χ0) is 14.5. The van der Waals surface area contributed by atoms with Crippen LogP contribution < -0.4 is 11.3 Å². The fraction of sp³-hybridized carbons (Fsp3) is 0.0714. The third-order valence-electron chi connectivity index (χ3n) is 2.62. The van der Waals surface area contributed by atoms with Crippen LogP contribution in [0.3, 0.4) is 0 Å². The quantitative estimate of drug-likeness (QED) is 0.388. The van der Waals surface area contributed by atoms with E-state index in [9.17, 15) is 4.79 Å². The predicted octanol–water partition coefficient (Wildman–Crippen LogP) is 3.89. The van der Waals surface area contributed by atoms with Gasteiger partial charge in [-0.1, -0.05) is 35.3 Å². The van der Waals surface area contributed by atoms with E-state index in [1.807, 2.05) is 30.3 Å². The highest BCUT2D eigenvalue weighted by atomic mass is 35.5. The summed E-state index contributed by atoms with van der Waals surface area (Å²) in [6.07, 6.45) is 0. The average molecular weight is 327 g/mol. The van der Waals surface area contributed by atoms with Crippen LogP contribution in [-0.2, 0) is 5.75 Å². The highest BCUT2D eigenvalue weighted by molar-refractivity contribution is 7.98. The zero-order valence-corrected chi connectivity index (χ0v) is 12.7. The fourth-order valence-electron chi connectivity index (χ4n) is 1.62. The number of nitrogens with one attached hydrogen (secondary N) is 1. The number of rotatable bonds is 4. The maximum Gasteiger partial charge on any atom is 0.265 e. The van der Waals surface area contributed by atoms with Crippen LogP contribution in [0.2, 0.25) is 10.0 Å². The van der Waals surface area contributed by atoms with Gasteiger partial charge in [-0.15, -0.1) is 11.8 Å². The minimum absolute atomic E-state index is 0.300. The van der Waals surface area contributed by atoms with Crippen LogP contribution in [-0.4, -0.2) is 5.91 Å². The Balaban J connectivity index is 2.07. The van der Waals surface area contributed by atoms with Crippen molar-refractivity contribution in [1.82, 2.24) is 5.43 Å². The number of carbonyl (C=O) groups excluding carboxylic acids is 1. The summed E-state index contributed by atoms with van der Waals surface area (Å²) in [5.41, 5.74) is 3.69. The maximum atomic E-state index is 11.4.